The van der Waals surface area contributed by atoms with Gasteiger partial charge < -0.3 is 14.9 Å². The van der Waals surface area contributed by atoms with Gasteiger partial charge in [0, 0.05) is 39.8 Å². The number of urea groups is 1. The normalized spacial score (nSPS) is 25.5. The Bertz CT molecular complexity index is 365. The van der Waals surface area contributed by atoms with E-state index in [4.69, 9.17) is 5.11 Å². The Morgan fingerprint density at radius 3 is 2.30 bits per heavy atom. The van der Waals surface area contributed by atoms with Gasteiger partial charge in [-0.2, -0.15) is 0 Å². The average molecular weight is 283 g/mol. The van der Waals surface area contributed by atoms with Crippen LogP contribution in [-0.2, 0) is 4.79 Å². The molecule has 0 aromatic rings. The molecule has 6 nitrogen and oxygen atoms in total. The zero-order valence-corrected chi connectivity index (χ0v) is 12.4. The minimum atomic E-state index is -0.671. The quantitative estimate of drug-likeness (QED) is 0.819. The molecule has 2 rings (SSSR count). The highest BCUT2D eigenvalue weighted by atomic mass is 16.4. The van der Waals surface area contributed by atoms with Gasteiger partial charge in [0.1, 0.15) is 0 Å². The molecule has 20 heavy (non-hydrogen) atoms. The van der Waals surface area contributed by atoms with Gasteiger partial charge in [0.05, 0.1) is 5.92 Å². The third-order valence-electron chi connectivity index (χ3n) is 4.44. The second-order valence-electron chi connectivity index (χ2n) is 6.07. The molecule has 2 aliphatic heterocycles. The molecule has 0 saturated carbocycles. The van der Waals surface area contributed by atoms with E-state index < -0.39 is 5.97 Å². The Labute approximate surface area is 120 Å². The standard InChI is InChI=1S/C14H25N3O3/c1-15(2)14(20)16-8-5-12(6-9-16)17-7-3-4-11(10-17)13(18)19/h11-12H,3-10H2,1-2H3,(H,18,19). The van der Waals surface area contributed by atoms with Crippen molar-refractivity contribution in [3.8, 4) is 0 Å². The van der Waals surface area contributed by atoms with Crippen LogP contribution in [0.4, 0.5) is 4.79 Å². The van der Waals surface area contributed by atoms with E-state index in [9.17, 15) is 9.59 Å². The van der Waals surface area contributed by atoms with E-state index in [2.05, 4.69) is 4.90 Å². The Hall–Kier alpha value is -1.30. The number of piperidine rings is 2. The molecule has 2 aliphatic rings. The molecule has 114 valence electrons. The SMILES string of the molecule is CN(C)C(=O)N1CCC(N2CCCC(C(=O)O)C2)CC1. The number of aliphatic carboxylic acids is 1. The van der Waals surface area contributed by atoms with Crippen molar-refractivity contribution in [2.75, 3.05) is 40.3 Å². The van der Waals surface area contributed by atoms with Crippen LogP contribution in [-0.4, -0.2) is 78.1 Å². The number of rotatable bonds is 2. The van der Waals surface area contributed by atoms with Crippen molar-refractivity contribution in [2.45, 2.75) is 31.7 Å². The van der Waals surface area contributed by atoms with Gasteiger partial charge in [-0.25, -0.2) is 4.79 Å². The molecule has 1 unspecified atom stereocenters. The second kappa shape index (κ2) is 6.43. The van der Waals surface area contributed by atoms with Crippen LogP contribution in [0, 0.1) is 5.92 Å². The first kappa shape index (κ1) is 15.1. The molecule has 2 fully saturated rings. The average Bonchev–Trinajstić information content (AvgIpc) is 2.46. The summed E-state index contributed by atoms with van der Waals surface area (Å²) in [5.41, 5.74) is 0. The maximum atomic E-state index is 11.9. The van der Waals surface area contributed by atoms with E-state index in [0.717, 1.165) is 45.3 Å². The van der Waals surface area contributed by atoms with Gasteiger partial charge in [0.15, 0.2) is 0 Å². The third-order valence-corrected chi connectivity index (χ3v) is 4.44. The lowest BCUT2D eigenvalue weighted by Gasteiger charge is -2.42. The fraction of sp³-hybridized carbons (Fsp3) is 0.857. The van der Waals surface area contributed by atoms with Crippen molar-refractivity contribution in [3.63, 3.8) is 0 Å². The van der Waals surface area contributed by atoms with Crippen molar-refractivity contribution in [1.82, 2.24) is 14.7 Å². The number of carbonyl (C=O) groups is 2. The largest absolute Gasteiger partial charge is 0.481 e. The van der Waals surface area contributed by atoms with Crippen LogP contribution < -0.4 is 0 Å². The van der Waals surface area contributed by atoms with Gasteiger partial charge >= 0.3 is 12.0 Å². The molecular formula is C14H25N3O3. The predicted octanol–water partition coefficient (Wildman–Crippen LogP) is 0.929. The van der Waals surface area contributed by atoms with Crippen LogP contribution in [0.5, 0.6) is 0 Å². The smallest absolute Gasteiger partial charge is 0.319 e. The topological polar surface area (TPSA) is 64.1 Å². The monoisotopic (exact) mass is 283 g/mol. The molecule has 0 radical (unpaired) electrons. The Balaban J connectivity index is 1.84. The number of carboxylic acids is 1. The van der Waals surface area contributed by atoms with E-state index in [1.165, 1.54) is 0 Å². The van der Waals surface area contributed by atoms with Gasteiger partial charge in [0.2, 0.25) is 0 Å². The van der Waals surface area contributed by atoms with Crippen LogP contribution in [0.3, 0.4) is 0 Å². The molecule has 2 amide bonds. The van der Waals surface area contributed by atoms with Crippen LogP contribution >= 0.6 is 0 Å². The molecule has 2 saturated heterocycles. The highest BCUT2D eigenvalue weighted by Crippen LogP contribution is 2.24. The van der Waals surface area contributed by atoms with Gasteiger partial charge in [0.25, 0.3) is 0 Å². The fourth-order valence-electron chi connectivity index (χ4n) is 3.24. The first-order valence-electron chi connectivity index (χ1n) is 7.42. The fourth-order valence-corrected chi connectivity index (χ4v) is 3.24. The minimum absolute atomic E-state index is 0.0745. The molecule has 6 heteroatoms. The molecule has 2 heterocycles. The Kier molecular flexibility index (Phi) is 4.86. The van der Waals surface area contributed by atoms with Gasteiger partial charge in [-0.3, -0.25) is 9.69 Å². The summed E-state index contributed by atoms with van der Waals surface area (Å²) in [6, 6.07) is 0.508. The van der Waals surface area contributed by atoms with Crippen LogP contribution in [0.25, 0.3) is 0 Å². The van der Waals surface area contributed by atoms with E-state index in [0.29, 0.717) is 12.6 Å². The number of amides is 2. The van der Waals surface area contributed by atoms with Crippen molar-refractivity contribution in [1.29, 1.82) is 0 Å². The Morgan fingerprint density at radius 2 is 1.75 bits per heavy atom. The summed E-state index contributed by atoms with van der Waals surface area (Å²) < 4.78 is 0. The molecular weight excluding hydrogens is 258 g/mol. The predicted molar refractivity (Wildman–Crippen MR) is 75.6 cm³/mol. The van der Waals surface area contributed by atoms with Gasteiger partial charge in [-0.1, -0.05) is 0 Å². The molecule has 0 aromatic heterocycles. The minimum Gasteiger partial charge on any atom is -0.481 e. The number of carbonyl (C=O) groups excluding carboxylic acids is 1. The number of carboxylic acid groups (broad SMARTS) is 1. The van der Waals surface area contributed by atoms with Crippen molar-refractivity contribution in [3.05, 3.63) is 0 Å². The van der Waals surface area contributed by atoms with E-state index in [1.54, 1.807) is 19.0 Å². The van der Waals surface area contributed by atoms with Crippen molar-refractivity contribution >= 4 is 12.0 Å². The summed E-state index contributed by atoms with van der Waals surface area (Å²) in [4.78, 5) is 28.8. The lowest BCUT2D eigenvalue weighted by molar-refractivity contribution is -0.144. The first-order chi connectivity index (χ1) is 9.49. The lowest BCUT2D eigenvalue weighted by Crippen LogP contribution is -2.51. The highest BCUT2D eigenvalue weighted by molar-refractivity contribution is 5.73. The van der Waals surface area contributed by atoms with Crippen LogP contribution in [0.2, 0.25) is 0 Å². The van der Waals surface area contributed by atoms with Crippen molar-refractivity contribution < 1.29 is 14.7 Å². The van der Waals surface area contributed by atoms with E-state index in [1.807, 2.05) is 4.90 Å². The zero-order chi connectivity index (χ0) is 14.7. The molecule has 1 atom stereocenters. The lowest BCUT2D eigenvalue weighted by atomic mass is 9.94. The summed E-state index contributed by atoms with van der Waals surface area (Å²) in [5, 5.41) is 9.15. The maximum Gasteiger partial charge on any atom is 0.319 e. The number of likely N-dealkylation sites (tertiary alicyclic amines) is 2. The number of nitrogens with zero attached hydrogens (tertiary/aromatic N) is 3. The number of hydrogen-bond donors (Lipinski definition) is 1. The van der Waals surface area contributed by atoms with Crippen LogP contribution in [0.1, 0.15) is 25.7 Å². The molecule has 0 aliphatic carbocycles. The summed E-state index contributed by atoms with van der Waals surface area (Å²) in [7, 11) is 3.55. The van der Waals surface area contributed by atoms with Gasteiger partial charge in [-0.15, -0.1) is 0 Å². The Morgan fingerprint density at radius 1 is 1.10 bits per heavy atom. The molecule has 0 aromatic carbocycles. The van der Waals surface area contributed by atoms with E-state index >= 15 is 0 Å². The third kappa shape index (κ3) is 3.42. The van der Waals surface area contributed by atoms with Gasteiger partial charge in [-0.05, 0) is 32.2 Å². The zero-order valence-electron chi connectivity index (χ0n) is 12.4. The summed E-state index contributed by atoms with van der Waals surface area (Å²) in [5.74, 6) is -0.889. The highest BCUT2D eigenvalue weighted by Gasteiger charge is 2.32. The molecule has 0 spiro atoms. The number of hydrogen-bond acceptors (Lipinski definition) is 3. The summed E-state index contributed by atoms with van der Waals surface area (Å²) in [6.45, 7) is 3.21. The van der Waals surface area contributed by atoms with Crippen molar-refractivity contribution in [2.24, 2.45) is 5.92 Å². The second-order valence-corrected chi connectivity index (χ2v) is 6.07. The molecule has 1 N–H and O–H groups in total. The van der Waals surface area contributed by atoms with Crippen LogP contribution in [0.15, 0.2) is 0 Å². The first-order valence-corrected chi connectivity index (χ1v) is 7.42. The molecule has 0 bridgehead atoms. The summed E-state index contributed by atoms with van der Waals surface area (Å²) in [6.07, 6.45) is 3.66. The summed E-state index contributed by atoms with van der Waals surface area (Å²) >= 11 is 0. The van der Waals surface area contributed by atoms with E-state index in [-0.39, 0.29) is 11.9 Å². The maximum absolute atomic E-state index is 11.9.